The van der Waals surface area contributed by atoms with Gasteiger partial charge in [-0.05, 0) is 66.2 Å². The normalized spacial score (nSPS) is 11.3. The van der Waals surface area contributed by atoms with E-state index in [-0.39, 0.29) is 17.1 Å². The maximum Gasteiger partial charge on any atom is 0.336 e. The van der Waals surface area contributed by atoms with Gasteiger partial charge in [0.2, 0.25) is 0 Å². The molecule has 2 aromatic carbocycles. The molecule has 0 radical (unpaired) electrons. The SMILES string of the molecule is Cc1cc(C)cc(-n2c(=O)c3sccc3n(Cc3ccc(F)cc3Cl)c2=O)c1. The highest BCUT2D eigenvalue weighted by Crippen LogP contribution is 2.22. The molecule has 4 aromatic rings. The van der Waals surface area contributed by atoms with Crippen LogP contribution < -0.4 is 11.2 Å². The summed E-state index contributed by atoms with van der Waals surface area (Å²) in [6, 6.07) is 11.4. The first-order chi connectivity index (χ1) is 13.3. The number of fused-ring (bicyclic) bond motifs is 1. The fraction of sp³-hybridized carbons (Fsp3) is 0.143. The first-order valence-electron chi connectivity index (χ1n) is 8.61. The van der Waals surface area contributed by atoms with Crippen LogP contribution in [0.5, 0.6) is 0 Å². The highest BCUT2D eigenvalue weighted by atomic mass is 35.5. The van der Waals surface area contributed by atoms with Crippen LogP contribution in [0.2, 0.25) is 5.02 Å². The highest BCUT2D eigenvalue weighted by molar-refractivity contribution is 7.17. The summed E-state index contributed by atoms with van der Waals surface area (Å²) in [6.07, 6.45) is 0. The lowest BCUT2D eigenvalue weighted by atomic mass is 10.1. The third kappa shape index (κ3) is 3.19. The Morgan fingerprint density at radius 1 is 1.04 bits per heavy atom. The van der Waals surface area contributed by atoms with Gasteiger partial charge in [-0.25, -0.2) is 13.8 Å². The van der Waals surface area contributed by atoms with Gasteiger partial charge in [0, 0.05) is 5.02 Å². The summed E-state index contributed by atoms with van der Waals surface area (Å²) in [5, 5.41) is 2.01. The average molecular weight is 415 g/mol. The maximum absolute atomic E-state index is 13.4. The van der Waals surface area contributed by atoms with Crippen LogP contribution in [0, 0.1) is 19.7 Å². The number of thiophene rings is 1. The first kappa shape index (κ1) is 18.7. The summed E-state index contributed by atoms with van der Waals surface area (Å²) >= 11 is 7.45. The minimum atomic E-state index is -0.457. The van der Waals surface area contributed by atoms with Crippen molar-refractivity contribution in [3.63, 3.8) is 0 Å². The molecule has 0 fully saturated rings. The van der Waals surface area contributed by atoms with E-state index in [1.807, 2.05) is 32.0 Å². The van der Waals surface area contributed by atoms with Gasteiger partial charge in [0.05, 0.1) is 17.7 Å². The van der Waals surface area contributed by atoms with E-state index in [2.05, 4.69) is 0 Å². The number of hydrogen-bond acceptors (Lipinski definition) is 3. The van der Waals surface area contributed by atoms with Crippen molar-refractivity contribution in [2.75, 3.05) is 0 Å². The molecule has 0 aliphatic heterocycles. The monoisotopic (exact) mass is 414 g/mol. The molecule has 2 aromatic heterocycles. The van der Waals surface area contributed by atoms with Crippen LogP contribution >= 0.6 is 22.9 Å². The van der Waals surface area contributed by atoms with Crippen LogP contribution in [0.15, 0.2) is 57.4 Å². The minimum Gasteiger partial charge on any atom is -0.288 e. The predicted molar refractivity (Wildman–Crippen MR) is 112 cm³/mol. The van der Waals surface area contributed by atoms with Crippen molar-refractivity contribution in [3.8, 4) is 5.69 Å². The van der Waals surface area contributed by atoms with Gasteiger partial charge in [-0.15, -0.1) is 11.3 Å². The zero-order valence-electron chi connectivity index (χ0n) is 15.2. The minimum absolute atomic E-state index is 0.135. The summed E-state index contributed by atoms with van der Waals surface area (Å²) in [7, 11) is 0. The number of aryl methyl sites for hydroxylation is 2. The predicted octanol–water partition coefficient (Wildman–Crippen LogP) is 4.67. The fourth-order valence-electron chi connectivity index (χ4n) is 3.37. The van der Waals surface area contributed by atoms with E-state index in [0.717, 1.165) is 11.1 Å². The molecule has 4 rings (SSSR count). The molecule has 0 saturated heterocycles. The summed E-state index contributed by atoms with van der Waals surface area (Å²) in [4.78, 5) is 26.4. The quantitative estimate of drug-likeness (QED) is 0.489. The van der Waals surface area contributed by atoms with Gasteiger partial charge in [0.1, 0.15) is 10.5 Å². The first-order valence-corrected chi connectivity index (χ1v) is 9.86. The van der Waals surface area contributed by atoms with Gasteiger partial charge >= 0.3 is 5.69 Å². The Morgan fingerprint density at radius 3 is 2.43 bits per heavy atom. The largest absolute Gasteiger partial charge is 0.336 e. The Bertz CT molecular complexity index is 1320. The molecule has 142 valence electrons. The Morgan fingerprint density at radius 2 is 1.75 bits per heavy atom. The molecular formula is C21H16ClFN2O2S. The van der Waals surface area contributed by atoms with E-state index in [9.17, 15) is 14.0 Å². The summed E-state index contributed by atoms with van der Waals surface area (Å²) < 4.78 is 16.6. The molecule has 7 heteroatoms. The van der Waals surface area contributed by atoms with E-state index >= 15 is 0 Å². The Balaban J connectivity index is 2.00. The number of rotatable bonds is 3. The van der Waals surface area contributed by atoms with Crippen LogP contribution in [0.4, 0.5) is 4.39 Å². The van der Waals surface area contributed by atoms with Crippen LogP contribution in [-0.4, -0.2) is 9.13 Å². The van der Waals surface area contributed by atoms with Crippen molar-refractivity contribution in [1.82, 2.24) is 9.13 Å². The van der Waals surface area contributed by atoms with Gasteiger partial charge in [-0.1, -0.05) is 23.7 Å². The Labute approximate surface area is 169 Å². The molecule has 0 saturated carbocycles. The molecular weight excluding hydrogens is 399 g/mol. The van der Waals surface area contributed by atoms with Crippen molar-refractivity contribution < 1.29 is 4.39 Å². The van der Waals surface area contributed by atoms with E-state index in [0.29, 0.717) is 21.5 Å². The molecule has 4 nitrogen and oxygen atoms in total. The average Bonchev–Trinajstić information content (AvgIpc) is 3.09. The van der Waals surface area contributed by atoms with Gasteiger partial charge in [0.15, 0.2) is 0 Å². The van der Waals surface area contributed by atoms with Crippen molar-refractivity contribution in [1.29, 1.82) is 0 Å². The van der Waals surface area contributed by atoms with Crippen LogP contribution in [0.1, 0.15) is 16.7 Å². The molecule has 0 unspecified atom stereocenters. The highest BCUT2D eigenvalue weighted by Gasteiger charge is 2.17. The van der Waals surface area contributed by atoms with Gasteiger partial charge < -0.3 is 0 Å². The lowest BCUT2D eigenvalue weighted by Gasteiger charge is -2.14. The molecule has 0 aliphatic carbocycles. The van der Waals surface area contributed by atoms with Crippen LogP contribution in [0.3, 0.4) is 0 Å². The van der Waals surface area contributed by atoms with Crippen molar-refractivity contribution >= 4 is 33.2 Å². The van der Waals surface area contributed by atoms with Crippen LogP contribution in [-0.2, 0) is 6.54 Å². The zero-order chi connectivity index (χ0) is 20.0. The number of nitrogens with zero attached hydrogens (tertiary/aromatic N) is 2. The van der Waals surface area contributed by atoms with Crippen molar-refractivity contribution in [2.45, 2.75) is 20.4 Å². The molecule has 0 amide bonds. The number of benzene rings is 2. The van der Waals surface area contributed by atoms with Crippen molar-refractivity contribution in [2.24, 2.45) is 0 Å². The Hall–Kier alpha value is -2.70. The summed E-state index contributed by atoms with van der Waals surface area (Å²) in [5.74, 6) is -0.443. The molecule has 0 aliphatic rings. The standard InChI is InChI=1S/C21H16ClFN2O2S/c1-12-7-13(2)9-16(8-12)25-20(26)19-18(5-6-28-19)24(21(25)27)11-14-3-4-15(23)10-17(14)22/h3-10H,11H2,1-2H3. The topological polar surface area (TPSA) is 44.0 Å². The lowest BCUT2D eigenvalue weighted by molar-refractivity contribution is 0.626. The van der Waals surface area contributed by atoms with E-state index in [1.165, 1.54) is 32.6 Å². The second-order valence-corrected chi connectivity index (χ2v) is 8.05. The molecule has 0 atom stereocenters. The van der Waals surface area contributed by atoms with Gasteiger partial charge in [-0.3, -0.25) is 9.36 Å². The smallest absolute Gasteiger partial charge is 0.288 e. The second-order valence-electron chi connectivity index (χ2n) is 6.73. The molecule has 28 heavy (non-hydrogen) atoms. The second kappa shape index (κ2) is 7.04. The molecule has 0 bridgehead atoms. The van der Waals surface area contributed by atoms with E-state index < -0.39 is 11.5 Å². The fourth-order valence-corrected chi connectivity index (χ4v) is 4.42. The third-order valence-electron chi connectivity index (χ3n) is 4.56. The number of halogens is 2. The molecule has 2 heterocycles. The maximum atomic E-state index is 13.4. The van der Waals surface area contributed by atoms with Gasteiger partial charge in [-0.2, -0.15) is 0 Å². The third-order valence-corrected chi connectivity index (χ3v) is 5.81. The van der Waals surface area contributed by atoms with E-state index in [1.54, 1.807) is 17.5 Å². The number of hydrogen-bond donors (Lipinski definition) is 0. The van der Waals surface area contributed by atoms with Crippen LogP contribution in [0.25, 0.3) is 15.9 Å². The lowest BCUT2D eigenvalue weighted by Crippen LogP contribution is -2.38. The molecule has 0 N–H and O–H groups in total. The Kier molecular flexibility index (Phi) is 4.69. The summed E-state index contributed by atoms with van der Waals surface area (Å²) in [6.45, 7) is 3.97. The van der Waals surface area contributed by atoms with Gasteiger partial charge in [0.25, 0.3) is 5.56 Å². The zero-order valence-corrected chi connectivity index (χ0v) is 16.8. The van der Waals surface area contributed by atoms with Crippen molar-refractivity contribution in [3.05, 3.63) is 96.2 Å². The number of aromatic nitrogens is 2. The van der Waals surface area contributed by atoms with E-state index in [4.69, 9.17) is 11.6 Å². The summed E-state index contributed by atoms with van der Waals surface area (Å²) in [5.41, 5.74) is 2.79. The molecule has 0 spiro atoms.